The van der Waals surface area contributed by atoms with E-state index >= 15 is 0 Å². The van der Waals surface area contributed by atoms with Crippen LogP contribution in [0.15, 0.2) is 23.2 Å². The molecule has 0 aromatic heterocycles. The summed E-state index contributed by atoms with van der Waals surface area (Å²) in [5.41, 5.74) is 12.7. The van der Waals surface area contributed by atoms with Crippen LogP contribution < -0.4 is 11.5 Å². The number of benzene rings is 1. The Kier molecular flexibility index (Phi) is 4.81. The summed E-state index contributed by atoms with van der Waals surface area (Å²) in [7, 11) is 0. The zero-order valence-electron chi connectivity index (χ0n) is 8.65. The molecule has 0 aliphatic heterocycles. The van der Waals surface area contributed by atoms with E-state index in [0.29, 0.717) is 5.56 Å². The lowest BCUT2D eigenvalue weighted by Crippen LogP contribution is -2.24. The van der Waals surface area contributed by atoms with Gasteiger partial charge in [0.15, 0.2) is 5.96 Å². The van der Waals surface area contributed by atoms with Crippen molar-refractivity contribution in [2.75, 3.05) is 0 Å². The molecule has 0 unspecified atom stereocenters. The predicted molar refractivity (Wildman–Crippen MR) is 63.3 cm³/mol. The maximum atomic E-state index is 11.5. The molecule has 0 radical (unpaired) electrons. The Morgan fingerprint density at radius 3 is 2.40 bits per heavy atom. The van der Waals surface area contributed by atoms with Crippen LogP contribution in [-0.2, 0) is 0 Å². The fraction of sp³-hybridized carbons (Fsp3) is 0.200. The predicted octanol–water partition coefficient (Wildman–Crippen LogP) is 1.14. The van der Waals surface area contributed by atoms with Gasteiger partial charge in [0, 0.05) is 5.56 Å². The second kappa shape index (κ2) is 5.36. The van der Waals surface area contributed by atoms with Crippen molar-refractivity contribution in [1.82, 2.24) is 0 Å². The second-order valence-electron chi connectivity index (χ2n) is 3.16. The number of halogens is 1. The van der Waals surface area contributed by atoms with Gasteiger partial charge in [-0.05, 0) is 25.5 Å². The first-order valence-electron chi connectivity index (χ1n) is 4.22. The molecule has 1 rings (SSSR count). The van der Waals surface area contributed by atoms with Gasteiger partial charge in [-0.15, -0.1) is 12.4 Å². The van der Waals surface area contributed by atoms with Crippen molar-refractivity contribution in [3.05, 3.63) is 34.9 Å². The van der Waals surface area contributed by atoms with Gasteiger partial charge in [0.2, 0.25) is 0 Å². The third-order valence-electron chi connectivity index (χ3n) is 1.85. The lowest BCUT2D eigenvalue weighted by molar-refractivity contribution is 0.100. The minimum Gasteiger partial charge on any atom is -0.370 e. The molecule has 4 nitrogen and oxygen atoms in total. The minimum absolute atomic E-state index is 0. The molecule has 0 aliphatic rings. The van der Waals surface area contributed by atoms with Gasteiger partial charge < -0.3 is 11.5 Å². The largest absolute Gasteiger partial charge is 0.370 e. The summed E-state index contributed by atoms with van der Waals surface area (Å²) in [6, 6.07) is 5.57. The molecule has 82 valence electrons. The van der Waals surface area contributed by atoms with E-state index in [-0.39, 0.29) is 18.4 Å². The van der Waals surface area contributed by atoms with E-state index in [0.717, 1.165) is 11.1 Å². The van der Waals surface area contributed by atoms with E-state index in [1.165, 1.54) is 0 Å². The molecule has 0 bridgehead atoms. The maximum Gasteiger partial charge on any atom is 0.280 e. The topological polar surface area (TPSA) is 81.5 Å². The zero-order valence-corrected chi connectivity index (χ0v) is 9.47. The third-order valence-corrected chi connectivity index (χ3v) is 1.85. The number of aryl methyl sites for hydroxylation is 2. The number of rotatable bonds is 1. The number of amides is 1. The van der Waals surface area contributed by atoms with Gasteiger partial charge in [0.25, 0.3) is 5.91 Å². The van der Waals surface area contributed by atoms with E-state index in [1.807, 2.05) is 26.0 Å². The Hall–Kier alpha value is -1.55. The summed E-state index contributed by atoms with van der Waals surface area (Å²) in [6.45, 7) is 3.75. The van der Waals surface area contributed by atoms with Gasteiger partial charge >= 0.3 is 0 Å². The van der Waals surface area contributed by atoms with Gasteiger partial charge in [-0.2, -0.15) is 4.99 Å². The van der Waals surface area contributed by atoms with Gasteiger partial charge in [-0.3, -0.25) is 4.79 Å². The number of carbonyl (C=O) groups is 1. The van der Waals surface area contributed by atoms with E-state index < -0.39 is 5.91 Å². The van der Waals surface area contributed by atoms with Crippen LogP contribution >= 0.6 is 12.4 Å². The normalized spacial score (nSPS) is 8.93. The van der Waals surface area contributed by atoms with E-state index in [9.17, 15) is 4.79 Å². The smallest absolute Gasteiger partial charge is 0.280 e. The van der Waals surface area contributed by atoms with Crippen molar-refractivity contribution in [3.8, 4) is 0 Å². The van der Waals surface area contributed by atoms with Gasteiger partial charge in [-0.25, -0.2) is 0 Å². The van der Waals surface area contributed by atoms with Crippen LogP contribution in [0.5, 0.6) is 0 Å². The average Bonchev–Trinajstić information content (AvgIpc) is 2.08. The number of nitrogens with two attached hydrogens (primary N) is 2. The van der Waals surface area contributed by atoms with Gasteiger partial charge in [0.1, 0.15) is 0 Å². The van der Waals surface area contributed by atoms with Crippen molar-refractivity contribution in [1.29, 1.82) is 0 Å². The van der Waals surface area contributed by atoms with Crippen molar-refractivity contribution in [2.24, 2.45) is 16.5 Å². The quantitative estimate of drug-likeness (QED) is 0.558. The van der Waals surface area contributed by atoms with E-state index in [2.05, 4.69) is 4.99 Å². The molecule has 5 heteroatoms. The van der Waals surface area contributed by atoms with Crippen LogP contribution in [0.4, 0.5) is 0 Å². The first kappa shape index (κ1) is 13.4. The summed E-state index contributed by atoms with van der Waals surface area (Å²) >= 11 is 0. The molecule has 0 heterocycles. The monoisotopic (exact) mass is 227 g/mol. The Balaban J connectivity index is 0.00000196. The first-order valence-corrected chi connectivity index (χ1v) is 4.22. The molecule has 0 saturated carbocycles. The summed E-state index contributed by atoms with van der Waals surface area (Å²) in [5.74, 6) is -0.609. The molecule has 15 heavy (non-hydrogen) atoms. The molecular formula is C10H14ClN3O. The molecule has 0 fully saturated rings. The molecule has 1 amide bonds. The molecule has 0 aliphatic carbocycles. The number of guanidine groups is 1. The van der Waals surface area contributed by atoms with Crippen LogP contribution in [0.2, 0.25) is 0 Å². The fourth-order valence-electron chi connectivity index (χ4n) is 1.14. The zero-order chi connectivity index (χ0) is 10.7. The summed E-state index contributed by atoms with van der Waals surface area (Å²) < 4.78 is 0. The molecular weight excluding hydrogens is 214 g/mol. The Morgan fingerprint density at radius 2 is 1.87 bits per heavy atom. The number of hydrogen-bond acceptors (Lipinski definition) is 1. The third kappa shape index (κ3) is 3.59. The molecule has 0 saturated heterocycles. The highest BCUT2D eigenvalue weighted by Crippen LogP contribution is 2.11. The van der Waals surface area contributed by atoms with Crippen LogP contribution in [0.1, 0.15) is 21.5 Å². The summed E-state index contributed by atoms with van der Waals surface area (Å²) in [6.07, 6.45) is 0. The Labute approximate surface area is 94.8 Å². The van der Waals surface area contributed by atoms with E-state index in [4.69, 9.17) is 11.5 Å². The molecule has 0 spiro atoms. The molecule has 1 aromatic rings. The molecule has 0 atom stereocenters. The van der Waals surface area contributed by atoms with Gasteiger partial charge in [0.05, 0.1) is 0 Å². The Bertz CT molecular complexity index is 398. The fourth-order valence-corrected chi connectivity index (χ4v) is 1.14. The highest BCUT2D eigenvalue weighted by Gasteiger charge is 2.07. The van der Waals surface area contributed by atoms with Crippen LogP contribution in [-0.4, -0.2) is 11.9 Å². The number of aliphatic imine (C=N–C) groups is 1. The first-order chi connectivity index (χ1) is 6.50. The summed E-state index contributed by atoms with van der Waals surface area (Å²) in [4.78, 5) is 15.0. The Morgan fingerprint density at radius 1 is 1.27 bits per heavy atom. The highest BCUT2D eigenvalue weighted by atomic mass is 35.5. The average molecular weight is 228 g/mol. The van der Waals surface area contributed by atoms with Crippen molar-refractivity contribution in [3.63, 3.8) is 0 Å². The molecule has 4 N–H and O–H groups in total. The highest BCUT2D eigenvalue weighted by molar-refractivity contribution is 6.02. The molecule has 1 aromatic carbocycles. The standard InChI is InChI=1S/C10H13N3O.ClH/c1-6-3-4-7(2)8(5-6)9(14)13-10(11)12;/h3-5H,1-2H3,(H4,11,12,13,14);1H. The second-order valence-corrected chi connectivity index (χ2v) is 3.16. The van der Waals surface area contributed by atoms with E-state index in [1.54, 1.807) is 6.07 Å². The van der Waals surface area contributed by atoms with Crippen molar-refractivity contribution in [2.45, 2.75) is 13.8 Å². The number of carbonyl (C=O) groups excluding carboxylic acids is 1. The summed E-state index contributed by atoms with van der Waals surface area (Å²) in [5, 5.41) is 0. The lowest BCUT2D eigenvalue weighted by Gasteiger charge is -2.02. The lowest BCUT2D eigenvalue weighted by atomic mass is 10.1. The van der Waals surface area contributed by atoms with Crippen LogP contribution in [0.25, 0.3) is 0 Å². The SMILES string of the molecule is Cc1ccc(C)c(C(=O)N=C(N)N)c1.Cl. The maximum absolute atomic E-state index is 11.5. The van der Waals surface area contributed by atoms with Gasteiger partial charge in [-0.1, -0.05) is 17.7 Å². The van der Waals surface area contributed by atoms with Crippen molar-refractivity contribution < 1.29 is 4.79 Å². The number of hydrogen-bond donors (Lipinski definition) is 2. The van der Waals surface area contributed by atoms with Crippen LogP contribution in [0.3, 0.4) is 0 Å². The van der Waals surface area contributed by atoms with Crippen molar-refractivity contribution >= 4 is 24.3 Å². The number of nitrogens with zero attached hydrogens (tertiary/aromatic N) is 1. The minimum atomic E-state index is -0.397. The van der Waals surface area contributed by atoms with Crippen LogP contribution in [0, 0.1) is 13.8 Å².